The minimum atomic E-state index is -0.141. The highest BCUT2D eigenvalue weighted by Crippen LogP contribution is 2.40. The quantitative estimate of drug-likeness (QED) is 0.808. The van der Waals surface area contributed by atoms with Gasteiger partial charge in [0.05, 0.1) is 11.7 Å². The van der Waals surface area contributed by atoms with Crippen LogP contribution in [0.1, 0.15) is 36.8 Å². The standard InChI is InChI=1S/C12H16N4O/c1-7-14-5-4-10(15-7)12-9(13)6-11(17)16(12)8-2-3-8/h4-5,8-9,12H,2-3,6,13H2,1H3. The van der Waals surface area contributed by atoms with E-state index in [2.05, 4.69) is 9.97 Å². The summed E-state index contributed by atoms with van der Waals surface area (Å²) in [5.41, 5.74) is 6.96. The fourth-order valence-corrected chi connectivity index (χ4v) is 2.56. The van der Waals surface area contributed by atoms with Crippen LogP contribution in [0.3, 0.4) is 0 Å². The number of nitrogens with two attached hydrogens (primary N) is 1. The number of aryl methyl sites for hydroxylation is 1. The number of hydrogen-bond acceptors (Lipinski definition) is 4. The molecule has 2 fully saturated rings. The van der Waals surface area contributed by atoms with Gasteiger partial charge in [-0.2, -0.15) is 0 Å². The monoisotopic (exact) mass is 232 g/mol. The van der Waals surface area contributed by atoms with E-state index in [1.54, 1.807) is 6.20 Å². The van der Waals surface area contributed by atoms with Crippen LogP contribution in [0, 0.1) is 6.92 Å². The third-order valence-electron chi connectivity index (χ3n) is 3.44. The van der Waals surface area contributed by atoms with Crippen molar-refractivity contribution >= 4 is 5.91 Å². The van der Waals surface area contributed by atoms with E-state index in [-0.39, 0.29) is 18.0 Å². The van der Waals surface area contributed by atoms with Crippen LogP contribution in [0.15, 0.2) is 12.3 Å². The molecule has 5 heteroatoms. The van der Waals surface area contributed by atoms with E-state index in [0.717, 1.165) is 24.4 Å². The molecule has 1 saturated carbocycles. The highest BCUT2D eigenvalue weighted by atomic mass is 16.2. The van der Waals surface area contributed by atoms with E-state index < -0.39 is 0 Å². The van der Waals surface area contributed by atoms with Crippen molar-refractivity contribution < 1.29 is 4.79 Å². The van der Waals surface area contributed by atoms with Crippen LogP contribution < -0.4 is 5.73 Å². The number of likely N-dealkylation sites (tertiary alicyclic amines) is 1. The van der Waals surface area contributed by atoms with Gasteiger partial charge in [-0.3, -0.25) is 4.79 Å². The number of amides is 1. The van der Waals surface area contributed by atoms with Gasteiger partial charge in [0.15, 0.2) is 0 Å². The van der Waals surface area contributed by atoms with E-state index in [1.165, 1.54) is 0 Å². The summed E-state index contributed by atoms with van der Waals surface area (Å²) in [6.07, 6.45) is 4.36. The predicted molar refractivity (Wildman–Crippen MR) is 62.0 cm³/mol. The van der Waals surface area contributed by atoms with E-state index in [9.17, 15) is 4.79 Å². The number of carbonyl (C=O) groups is 1. The molecule has 1 aromatic heterocycles. The molecule has 0 aromatic carbocycles. The maximum absolute atomic E-state index is 11.9. The molecule has 1 amide bonds. The molecule has 0 spiro atoms. The summed E-state index contributed by atoms with van der Waals surface area (Å²) >= 11 is 0. The van der Waals surface area contributed by atoms with Crippen LogP contribution in [0.4, 0.5) is 0 Å². The van der Waals surface area contributed by atoms with Crippen molar-refractivity contribution in [3.8, 4) is 0 Å². The Morgan fingerprint density at radius 3 is 2.88 bits per heavy atom. The molecule has 2 heterocycles. The normalized spacial score (nSPS) is 28.8. The lowest BCUT2D eigenvalue weighted by atomic mass is 10.1. The summed E-state index contributed by atoms with van der Waals surface area (Å²) in [6.45, 7) is 1.85. The van der Waals surface area contributed by atoms with Crippen LogP contribution in [0.5, 0.6) is 0 Å². The fourth-order valence-electron chi connectivity index (χ4n) is 2.56. The van der Waals surface area contributed by atoms with Gasteiger partial charge >= 0.3 is 0 Å². The molecular formula is C12H16N4O. The van der Waals surface area contributed by atoms with Gasteiger partial charge < -0.3 is 10.6 Å². The smallest absolute Gasteiger partial charge is 0.225 e. The van der Waals surface area contributed by atoms with Crippen LogP contribution >= 0.6 is 0 Å². The summed E-state index contributed by atoms with van der Waals surface area (Å²) in [5.74, 6) is 0.895. The van der Waals surface area contributed by atoms with Crippen molar-refractivity contribution in [2.24, 2.45) is 5.73 Å². The van der Waals surface area contributed by atoms with Crippen molar-refractivity contribution in [2.75, 3.05) is 0 Å². The molecule has 2 aliphatic rings. The van der Waals surface area contributed by atoms with E-state index in [1.807, 2.05) is 17.9 Å². The molecule has 0 bridgehead atoms. The predicted octanol–water partition coefficient (Wildman–Crippen LogP) is 0.548. The maximum atomic E-state index is 11.9. The largest absolute Gasteiger partial charge is 0.329 e. The minimum absolute atomic E-state index is 0.0586. The molecule has 90 valence electrons. The van der Waals surface area contributed by atoms with Gasteiger partial charge in [0.25, 0.3) is 0 Å². The minimum Gasteiger partial charge on any atom is -0.329 e. The first-order valence-corrected chi connectivity index (χ1v) is 6.03. The number of carbonyl (C=O) groups excluding carboxylic acids is 1. The average molecular weight is 232 g/mol. The van der Waals surface area contributed by atoms with Gasteiger partial charge in [-0.1, -0.05) is 0 Å². The Balaban J connectivity index is 1.96. The maximum Gasteiger partial charge on any atom is 0.225 e. The number of rotatable bonds is 2. The van der Waals surface area contributed by atoms with Gasteiger partial charge in [0, 0.05) is 24.7 Å². The molecule has 2 unspecified atom stereocenters. The lowest BCUT2D eigenvalue weighted by Gasteiger charge is -2.26. The second kappa shape index (κ2) is 3.77. The third-order valence-corrected chi connectivity index (χ3v) is 3.44. The molecule has 1 aliphatic heterocycles. The van der Waals surface area contributed by atoms with E-state index in [4.69, 9.17) is 5.73 Å². The highest BCUT2D eigenvalue weighted by Gasteiger charge is 2.46. The Labute approximate surface area is 100 Å². The number of nitrogens with zero attached hydrogens (tertiary/aromatic N) is 3. The molecule has 3 rings (SSSR count). The van der Waals surface area contributed by atoms with Crippen LogP contribution in [0.25, 0.3) is 0 Å². The Bertz CT molecular complexity index is 458. The zero-order valence-electron chi connectivity index (χ0n) is 9.84. The SMILES string of the molecule is Cc1nccc(C2C(N)CC(=O)N2C2CC2)n1. The molecule has 2 atom stereocenters. The van der Waals surface area contributed by atoms with Crippen molar-refractivity contribution in [2.45, 2.75) is 44.3 Å². The summed E-state index contributed by atoms with van der Waals surface area (Å²) in [4.78, 5) is 22.4. The van der Waals surface area contributed by atoms with Gasteiger partial charge in [-0.25, -0.2) is 9.97 Å². The average Bonchev–Trinajstić information content (AvgIpc) is 3.04. The highest BCUT2D eigenvalue weighted by molar-refractivity contribution is 5.81. The zero-order valence-corrected chi connectivity index (χ0v) is 9.84. The molecule has 1 aromatic rings. The van der Waals surface area contributed by atoms with Crippen molar-refractivity contribution in [3.05, 3.63) is 23.8 Å². The fraction of sp³-hybridized carbons (Fsp3) is 0.583. The van der Waals surface area contributed by atoms with Crippen LogP contribution in [-0.4, -0.2) is 32.9 Å². The molecule has 1 aliphatic carbocycles. The molecule has 0 radical (unpaired) electrons. The summed E-state index contributed by atoms with van der Waals surface area (Å²) < 4.78 is 0. The molecule has 17 heavy (non-hydrogen) atoms. The Hall–Kier alpha value is -1.49. The second-order valence-corrected chi connectivity index (χ2v) is 4.87. The van der Waals surface area contributed by atoms with Crippen molar-refractivity contribution in [3.63, 3.8) is 0 Å². The second-order valence-electron chi connectivity index (χ2n) is 4.87. The Morgan fingerprint density at radius 2 is 2.24 bits per heavy atom. The van der Waals surface area contributed by atoms with Gasteiger partial charge in [-0.15, -0.1) is 0 Å². The van der Waals surface area contributed by atoms with Crippen molar-refractivity contribution in [1.29, 1.82) is 0 Å². The lowest BCUT2D eigenvalue weighted by molar-refractivity contribution is -0.129. The first-order valence-electron chi connectivity index (χ1n) is 6.03. The Kier molecular flexibility index (Phi) is 2.36. The van der Waals surface area contributed by atoms with E-state index in [0.29, 0.717) is 12.5 Å². The molecule has 1 saturated heterocycles. The van der Waals surface area contributed by atoms with Crippen LogP contribution in [-0.2, 0) is 4.79 Å². The Morgan fingerprint density at radius 1 is 1.47 bits per heavy atom. The molecule has 5 nitrogen and oxygen atoms in total. The summed E-state index contributed by atoms with van der Waals surface area (Å²) in [7, 11) is 0. The third kappa shape index (κ3) is 1.80. The summed E-state index contributed by atoms with van der Waals surface area (Å²) in [5, 5.41) is 0. The first-order chi connectivity index (χ1) is 8.16. The molecular weight excluding hydrogens is 216 g/mol. The summed E-state index contributed by atoms with van der Waals surface area (Å²) in [6, 6.07) is 2.05. The first kappa shape index (κ1) is 10.7. The van der Waals surface area contributed by atoms with Crippen molar-refractivity contribution in [1.82, 2.24) is 14.9 Å². The lowest BCUT2D eigenvalue weighted by Crippen LogP contribution is -2.35. The zero-order chi connectivity index (χ0) is 12.0. The van der Waals surface area contributed by atoms with Gasteiger partial charge in [-0.05, 0) is 25.8 Å². The van der Waals surface area contributed by atoms with Crippen LogP contribution in [0.2, 0.25) is 0 Å². The molecule has 2 N–H and O–H groups in total. The number of hydrogen-bond donors (Lipinski definition) is 1. The topological polar surface area (TPSA) is 72.1 Å². The van der Waals surface area contributed by atoms with Gasteiger partial charge in [0.1, 0.15) is 5.82 Å². The number of aromatic nitrogens is 2. The van der Waals surface area contributed by atoms with E-state index >= 15 is 0 Å². The van der Waals surface area contributed by atoms with Gasteiger partial charge in [0.2, 0.25) is 5.91 Å².